The molecule has 3 rings (SSSR count). The molecular weight excluding hydrogens is 383 g/mol. The first-order valence-electron chi connectivity index (χ1n) is 10.4. The van der Waals surface area contributed by atoms with Crippen LogP contribution in [-0.4, -0.2) is 62.0 Å². The van der Waals surface area contributed by atoms with E-state index in [0.29, 0.717) is 23.6 Å². The minimum Gasteiger partial charge on any atom is -0.465 e. The lowest BCUT2D eigenvalue weighted by Gasteiger charge is -2.34. The average Bonchev–Trinajstić information content (AvgIpc) is 2.77. The zero-order valence-electron chi connectivity index (χ0n) is 17.6. The Bertz CT molecular complexity index is 878. The van der Waals surface area contributed by atoms with Crippen molar-refractivity contribution in [2.45, 2.75) is 19.3 Å². The Morgan fingerprint density at radius 2 is 1.80 bits per heavy atom. The number of methoxy groups -OCH3 is 1. The van der Waals surface area contributed by atoms with Crippen LogP contribution in [0.4, 0.5) is 4.39 Å². The molecule has 1 saturated heterocycles. The fourth-order valence-electron chi connectivity index (χ4n) is 4.01. The number of nitrogens with zero attached hydrogens (tertiary/aromatic N) is 2. The van der Waals surface area contributed by atoms with Crippen LogP contribution < -0.4 is 0 Å². The molecule has 0 bridgehead atoms. The van der Waals surface area contributed by atoms with Crippen molar-refractivity contribution in [3.63, 3.8) is 0 Å². The number of hydrogen-bond acceptors (Lipinski definition) is 4. The molecule has 0 saturated carbocycles. The number of hydrogen-bond donors (Lipinski definition) is 0. The van der Waals surface area contributed by atoms with Gasteiger partial charge >= 0.3 is 5.97 Å². The van der Waals surface area contributed by atoms with Crippen molar-refractivity contribution in [2.24, 2.45) is 5.92 Å². The van der Waals surface area contributed by atoms with E-state index in [2.05, 4.69) is 4.90 Å². The van der Waals surface area contributed by atoms with Crippen molar-refractivity contribution >= 4 is 11.9 Å². The van der Waals surface area contributed by atoms with Crippen molar-refractivity contribution in [3.05, 3.63) is 71.0 Å². The third kappa shape index (κ3) is 5.66. The topological polar surface area (TPSA) is 49.9 Å². The smallest absolute Gasteiger partial charge is 0.338 e. The predicted molar refractivity (Wildman–Crippen MR) is 114 cm³/mol. The average molecular weight is 413 g/mol. The summed E-state index contributed by atoms with van der Waals surface area (Å²) in [6.07, 6.45) is 2.87. The number of piperidine rings is 1. The minimum atomic E-state index is -0.501. The summed E-state index contributed by atoms with van der Waals surface area (Å²) in [5.74, 6) is -0.425. The van der Waals surface area contributed by atoms with Crippen molar-refractivity contribution in [2.75, 3.05) is 40.3 Å². The summed E-state index contributed by atoms with van der Waals surface area (Å²) < 4.78 is 18.1. The molecule has 1 heterocycles. The molecule has 0 unspecified atom stereocenters. The first-order valence-corrected chi connectivity index (χ1v) is 10.4. The zero-order chi connectivity index (χ0) is 21.5. The largest absolute Gasteiger partial charge is 0.465 e. The third-order valence-electron chi connectivity index (χ3n) is 5.75. The normalized spacial score (nSPS) is 15.0. The van der Waals surface area contributed by atoms with E-state index in [4.69, 9.17) is 4.74 Å². The van der Waals surface area contributed by atoms with Crippen molar-refractivity contribution in [3.8, 4) is 0 Å². The Labute approximate surface area is 177 Å². The second-order valence-corrected chi connectivity index (χ2v) is 7.89. The number of ether oxygens (including phenoxy) is 1. The highest BCUT2D eigenvalue weighted by Gasteiger charge is 2.24. The second kappa shape index (κ2) is 10.3. The van der Waals surface area contributed by atoms with Crippen LogP contribution in [0.3, 0.4) is 0 Å². The summed E-state index contributed by atoms with van der Waals surface area (Å²) in [4.78, 5) is 28.9. The number of carbonyl (C=O) groups is 2. The van der Waals surface area contributed by atoms with E-state index >= 15 is 0 Å². The predicted octanol–water partition coefficient (Wildman–Crippen LogP) is 3.64. The fraction of sp³-hybridized carbons (Fsp3) is 0.417. The zero-order valence-corrected chi connectivity index (χ0v) is 17.6. The molecule has 0 aromatic heterocycles. The van der Waals surface area contributed by atoms with Gasteiger partial charge in [0.2, 0.25) is 0 Å². The van der Waals surface area contributed by atoms with Gasteiger partial charge in [-0.3, -0.25) is 4.79 Å². The van der Waals surface area contributed by atoms with Crippen LogP contribution in [-0.2, 0) is 11.2 Å². The van der Waals surface area contributed by atoms with E-state index in [1.165, 1.54) is 13.2 Å². The quantitative estimate of drug-likeness (QED) is 0.652. The number of esters is 1. The summed E-state index contributed by atoms with van der Waals surface area (Å²) in [6, 6.07) is 13.5. The standard InChI is InChI=1S/C24H29FN2O3/c1-26(23(28)21-8-3-4-9-22(21)24(29)30-2)17-19-11-14-27(15-12-19)13-10-18-6-5-7-20(25)16-18/h3-9,16,19H,10-15,17H2,1-2H3. The Kier molecular flexibility index (Phi) is 7.57. The molecule has 5 nitrogen and oxygen atoms in total. The van der Waals surface area contributed by atoms with Crippen LogP contribution >= 0.6 is 0 Å². The maximum Gasteiger partial charge on any atom is 0.338 e. The molecule has 1 aliphatic rings. The highest BCUT2D eigenvalue weighted by atomic mass is 19.1. The molecule has 1 amide bonds. The summed E-state index contributed by atoms with van der Waals surface area (Å²) in [5.41, 5.74) is 1.69. The van der Waals surface area contributed by atoms with Crippen LogP contribution in [0, 0.1) is 11.7 Å². The molecule has 2 aromatic rings. The molecule has 1 fully saturated rings. The molecule has 0 N–H and O–H groups in total. The summed E-state index contributed by atoms with van der Waals surface area (Å²) in [6.45, 7) is 3.52. The molecule has 30 heavy (non-hydrogen) atoms. The molecule has 0 atom stereocenters. The molecule has 0 aliphatic carbocycles. The molecule has 0 spiro atoms. The van der Waals surface area contributed by atoms with Crippen LogP contribution in [0.15, 0.2) is 48.5 Å². The molecular formula is C24H29FN2O3. The molecule has 6 heteroatoms. The van der Waals surface area contributed by atoms with E-state index in [1.807, 2.05) is 6.07 Å². The van der Waals surface area contributed by atoms with Gasteiger partial charge in [-0.2, -0.15) is 0 Å². The maximum atomic E-state index is 13.3. The van der Waals surface area contributed by atoms with Crippen molar-refractivity contribution in [1.29, 1.82) is 0 Å². The maximum absolute atomic E-state index is 13.3. The number of benzene rings is 2. The summed E-state index contributed by atoms with van der Waals surface area (Å²) in [7, 11) is 3.10. The lowest BCUT2D eigenvalue weighted by Crippen LogP contribution is -2.40. The SMILES string of the molecule is COC(=O)c1ccccc1C(=O)N(C)CC1CCN(CCc2cccc(F)c2)CC1. The first kappa shape index (κ1) is 22.0. The lowest BCUT2D eigenvalue weighted by atomic mass is 9.95. The van der Waals surface area contributed by atoms with E-state index in [1.54, 1.807) is 48.3 Å². The third-order valence-corrected chi connectivity index (χ3v) is 5.75. The van der Waals surface area contributed by atoms with Gasteiger partial charge in [-0.05, 0) is 68.1 Å². The van der Waals surface area contributed by atoms with E-state index < -0.39 is 5.97 Å². The number of halogens is 1. The second-order valence-electron chi connectivity index (χ2n) is 7.89. The van der Waals surface area contributed by atoms with Gasteiger partial charge in [0.05, 0.1) is 18.2 Å². The number of carbonyl (C=O) groups excluding carboxylic acids is 2. The summed E-state index contributed by atoms with van der Waals surface area (Å²) >= 11 is 0. The van der Waals surface area contributed by atoms with Gasteiger partial charge in [0.1, 0.15) is 5.82 Å². The molecule has 2 aromatic carbocycles. The molecule has 0 radical (unpaired) electrons. The van der Waals surface area contributed by atoms with Gasteiger partial charge < -0.3 is 14.5 Å². The molecule has 160 valence electrons. The van der Waals surface area contributed by atoms with E-state index in [0.717, 1.165) is 44.5 Å². The van der Waals surface area contributed by atoms with Crippen molar-refractivity contribution in [1.82, 2.24) is 9.80 Å². The van der Waals surface area contributed by atoms with Crippen LogP contribution in [0.1, 0.15) is 39.1 Å². The number of likely N-dealkylation sites (tertiary alicyclic amines) is 1. The lowest BCUT2D eigenvalue weighted by molar-refractivity contribution is 0.0589. The Hall–Kier alpha value is -2.73. The van der Waals surface area contributed by atoms with Crippen molar-refractivity contribution < 1.29 is 18.7 Å². The fourth-order valence-corrected chi connectivity index (χ4v) is 4.01. The van der Waals surface area contributed by atoms with Crippen LogP contribution in [0.25, 0.3) is 0 Å². The Morgan fingerprint density at radius 3 is 2.47 bits per heavy atom. The minimum absolute atomic E-state index is 0.162. The Balaban J connectivity index is 1.49. The summed E-state index contributed by atoms with van der Waals surface area (Å²) in [5, 5.41) is 0. The van der Waals surface area contributed by atoms with E-state index in [9.17, 15) is 14.0 Å². The highest BCUT2D eigenvalue weighted by molar-refractivity contribution is 6.05. The van der Waals surface area contributed by atoms with Gasteiger partial charge in [0, 0.05) is 20.1 Å². The van der Waals surface area contributed by atoms with Crippen LogP contribution in [0.5, 0.6) is 0 Å². The van der Waals surface area contributed by atoms with Gasteiger partial charge in [-0.15, -0.1) is 0 Å². The van der Waals surface area contributed by atoms with Gasteiger partial charge in [0.15, 0.2) is 0 Å². The first-order chi connectivity index (χ1) is 14.5. The van der Waals surface area contributed by atoms with E-state index in [-0.39, 0.29) is 11.7 Å². The Morgan fingerprint density at radius 1 is 1.10 bits per heavy atom. The highest BCUT2D eigenvalue weighted by Crippen LogP contribution is 2.20. The van der Waals surface area contributed by atoms with Gasteiger partial charge in [-0.25, -0.2) is 9.18 Å². The van der Waals surface area contributed by atoms with Gasteiger partial charge in [0.25, 0.3) is 5.91 Å². The van der Waals surface area contributed by atoms with Gasteiger partial charge in [-0.1, -0.05) is 24.3 Å². The molecule has 1 aliphatic heterocycles. The van der Waals surface area contributed by atoms with Crippen LogP contribution in [0.2, 0.25) is 0 Å². The number of amides is 1. The monoisotopic (exact) mass is 412 g/mol. The number of rotatable bonds is 7.